The van der Waals surface area contributed by atoms with Crippen LogP contribution in [-0.4, -0.2) is 11.8 Å². The highest BCUT2D eigenvalue weighted by atomic mass is 32.1. The molecule has 0 bridgehead atoms. The molecule has 0 aliphatic rings. The van der Waals surface area contributed by atoms with Gasteiger partial charge in [-0.1, -0.05) is 18.2 Å². The average molecular weight is 334 g/mol. The largest absolute Gasteiger partial charge is 0.350 e. The second-order valence-corrected chi connectivity index (χ2v) is 6.29. The van der Waals surface area contributed by atoms with E-state index in [0.717, 1.165) is 10.4 Å². The van der Waals surface area contributed by atoms with E-state index in [-0.39, 0.29) is 36.1 Å². The van der Waals surface area contributed by atoms with Crippen LogP contribution in [0.1, 0.15) is 42.8 Å². The van der Waals surface area contributed by atoms with Crippen LogP contribution < -0.4 is 10.6 Å². The summed E-state index contributed by atoms with van der Waals surface area (Å²) in [6, 6.07) is 9.22. The SMILES string of the molecule is CC(=O)N[C@@H](CC(=O)N[C@H](C)c1ccc(F)cc1)c1cccs1. The molecular formula is C17H19FN2O2S. The molecule has 2 N–H and O–H groups in total. The molecule has 1 aromatic carbocycles. The highest BCUT2D eigenvalue weighted by Crippen LogP contribution is 2.22. The van der Waals surface area contributed by atoms with Gasteiger partial charge in [-0.3, -0.25) is 9.59 Å². The summed E-state index contributed by atoms with van der Waals surface area (Å²) in [5.41, 5.74) is 0.826. The van der Waals surface area contributed by atoms with Gasteiger partial charge in [0.05, 0.1) is 18.5 Å². The minimum Gasteiger partial charge on any atom is -0.350 e. The zero-order valence-corrected chi connectivity index (χ0v) is 13.8. The van der Waals surface area contributed by atoms with Crippen molar-refractivity contribution in [1.82, 2.24) is 10.6 Å². The van der Waals surface area contributed by atoms with E-state index in [0.29, 0.717) is 0 Å². The number of carbonyl (C=O) groups is 2. The lowest BCUT2D eigenvalue weighted by molar-refractivity contribution is -0.123. The Morgan fingerprint density at radius 2 is 1.87 bits per heavy atom. The highest BCUT2D eigenvalue weighted by Gasteiger charge is 2.19. The van der Waals surface area contributed by atoms with Crippen LogP contribution in [0.25, 0.3) is 0 Å². The molecule has 23 heavy (non-hydrogen) atoms. The first-order valence-corrected chi connectivity index (χ1v) is 8.19. The number of hydrogen-bond donors (Lipinski definition) is 2. The summed E-state index contributed by atoms with van der Waals surface area (Å²) in [6.07, 6.45) is 0.158. The maximum Gasteiger partial charge on any atom is 0.222 e. The number of thiophene rings is 1. The van der Waals surface area contributed by atoms with E-state index in [1.165, 1.54) is 30.4 Å². The van der Waals surface area contributed by atoms with E-state index in [1.54, 1.807) is 12.1 Å². The minimum absolute atomic E-state index is 0.158. The Bertz CT molecular complexity index is 656. The van der Waals surface area contributed by atoms with Gasteiger partial charge >= 0.3 is 0 Å². The topological polar surface area (TPSA) is 58.2 Å². The van der Waals surface area contributed by atoms with E-state index < -0.39 is 0 Å². The molecule has 4 nitrogen and oxygen atoms in total. The summed E-state index contributed by atoms with van der Waals surface area (Å²) < 4.78 is 12.9. The van der Waals surface area contributed by atoms with Gasteiger partial charge in [-0.05, 0) is 36.1 Å². The normalized spacial score (nSPS) is 13.2. The van der Waals surface area contributed by atoms with Crippen LogP contribution >= 0.6 is 11.3 Å². The quantitative estimate of drug-likeness (QED) is 0.851. The summed E-state index contributed by atoms with van der Waals surface area (Å²) >= 11 is 1.50. The van der Waals surface area contributed by atoms with Gasteiger partial charge in [0, 0.05) is 11.8 Å². The van der Waals surface area contributed by atoms with Crippen molar-refractivity contribution < 1.29 is 14.0 Å². The molecule has 0 aliphatic heterocycles. The Morgan fingerprint density at radius 3 is 2.43 bits per heavy atom. The van der Waals surface area contributed by atoms with Crippen LogP contribution in [0, 0.1) is 5.82 Å². The van der Waals surface area contributed by atoms with E-state index in [1.807, 2.05) is 24.4 Å². The molecule has 2 atom stereocenters. The molecule has 0 aliphatic carbocycles. The van der Waals surface area contributed by atoms with Crippen LogP contribution in [0.4, 0.5) is 4.39 Å². The summed E-state index contributed by atoms with van der Waals surface area (Å²) in [7, 11) is 0. The first-order chi connectivity index (χ1) is 11.0. The molecule has 0 fully saturated rings. The summed E-state index contributed by atoms with van der Waals surface area (Å²) in [5, 5.41) is 7.57. The fourth-order valence-electron chi connectivity index (χ4n) is 2.28. The number of rotatable bonds is 6. The number of hydrogen-bond acceptors (Lipinski definition) is 3. The molecule has 0 saturated heterocycles. The fraction of sp³-hybridized carbons (Fsp3) is 0.294. The van der Waals surface area contributed by atoms with Gasteiger partial charge in [0.25, 0.3) is 0 Å². The molecule has 2 rings (SSSR count). The third kappa shape index (κ3) is 5.17. The van der Waals surface area contributed by atoms with Crippen LogP contribution in [0.15, 0.2) is 41.8 Å². The summed E-state index contributed by atoms with van der Waals surface area (Å²) in [6.45, 7) is 3.27. The lowest BCUT2D eigenvalue weighted by Crippen LogP contribution is -2.33. The van der Waals surface area contributed by atoms with E-state index >= 15 is 0 Å². The van der Waals surface area contributed by atoms with Gasteiger partial charge in [0.2, 0.25) is 11.8 Å². The van der Waals surface area contributed by atoms with Gasteiger partial charge in [0.15, 0.2) is 0 Å². The predicted octanol–water partition coefficient (Wildman–Crippen LogP) is 3.33. The van der Waals surface area contributed by atoms with Gasteiger partial charge in [-0.15, -0.1) is 11.3 Å². The Hall–Kier alpha value is -2.21. The van der Waals surface area contributed by atoms with Gasteiger partial charge in [0.1, 0.15) is 5.82 Å². The Labute approximate surface area is 138 Å². The maximum absolute atomic E-state index is 12.9. The van der Waals surface area contributed by atoms with Crippen molar-refractivity contribution in [2.24, 2.45) is 0 Å². The number of carbonyl (C=O) groups excluding carboxylic acids is 2. The van der Waals surface area contributed by atoms with E-state index in [2.05, 4.69) is 10.6 Å². The lowest BCUT2D eigenvalue weighted by atomic mass is 10.1. The van der Waals surface area contributed by atoms with Crippen LogP contribution in [-0.2, 0) is 9.59 Å². The van der Waals surface area contributed by atoms with Crippen molar-refractivity contribution in [2.75, 3.05) is 0 Å². The monoisotopic (exact) mass is 334 g/mol. The van der Waals surface area contributed by atoms with Crippen LogP contribution in [0.5, 0.6) is 0 Å². The van der Waals surface area contributed by atoms with Gasteiger partial charge < -0.3 is 10.6 Å². The second kappa shape index (κ2) is 7.87. The zero-order chi connectivity index (χ0) is 16.8. The predicted molar refractivity (Wildman–Crippen MR) is 88.5 cm³/mol. The number of nitrogens with one attached hydrogen (secondary N) is 2. The van der Waals surface area contributed by atoms with Gasteiger partial charge in [-0.2, -0.15) is 0 Å². The molecule has 2 amide bonds. The average Bonchev–Trinajstić information content (AvgIpc) is 3.00. The Morgan fingerprint density at radius 1 is 1.17 bits per heavy atom. The molecule has 6 heteroatoms. The van der Waals surface area contributed by atoms with Crippen molar-refractivity contribution in [3.8, 4) is 0 Å². The van der Waals surface area contributed by atoms with Crippen LogP contribution in [0.2, 0.25) is 0 Å². The first kappa shape index (κ1) is 17.1. The molecule has 1 aromatic heterocycles. The van der Waals surface area contributed by atoms with E-state index in [9.17, 15) is 14.0 Å². The van der Waals surface area contributed by atoms with Crippen molar-refractivity contribution in [3.05, 3.63) is 58.0 Å². The highest BCUT2D eigenvalue weighted by molar-refractivity contribution is 7.10. The summed E-state index contributed by atoms with van der Waals surface area (Å²) in [5.74, 6) is -0.660. The van der Waals surface area contributed by atoms with Crippen molar-refractivity contribution in [3.63, 3.8) is 0 Å². The molecule has 122 valence electrons. The molecule has 0 spiro atoms. The third-order valence-electron chi connectivity index (χ3n) is 3.40. The van der Waals surface area contributed by atoms with Gasteiger partial charge in [-0.25, -0.2) is 4.39 Å². The molecule has 0 saturated carbocycles. The zero-order valence-electron chi connectivity index (χ0n) is 13.0. The van der Waals surface area contributed by atoms with Crippen molar-refractivity contribution >= 4 is 23.2 Å². The third-order valence-corrected chi connectivity index (χ3v) is 4.39. The van der Waals surface area contributed by atoms with Crippen molar-refractivity contribution in [1.29, 1.82) is 0 Å². The lowest BCUT2D eigenvalue weighted by Gasteiger charge is -2.19. The first-order valence-electron chi connectivity index (χ1n) is 7.31. The standard InChI is InChI=1S/C17H19FN2O2S/c1-11(13-5-7-14(18)8-6-13)19-17(22)10-15(20-12(2)21)16-4-3-9-23-16/h3-9,11,15H,10H2,1-2H3,(H,19,22)(H,20,21)/t11-,15+/m1/s1. The molecule has 1 heterocycles. The summed E-state index contributed by atoms with van der Waals surface area (Å²) in [4.78, 5) is 24.5. The van der Waals surface area contributed by atoms with E-state index in [4.69, 9.17) is 0 Å². The molecule has 2 aromatic rings. The van der Waals surface area contributed by atoms with Crippen molar-refractivity contribution in [2.45, 2.75) is 32.4 Å². The smallest absolute Gasteiger partial charge is 0.222 e. The number of amides is 2. The number of halogens is 1. The minimum atomic E-state index is -0.340. The fourth-order valence-corrected chi connectivity index (χ4v) is 3.06. The maximum atomic E-state index is 12.9. The Kier molecular flexibility index (Phi) is 5.87. The van der Waals surface area contributed by atoms with Crippen LogP contribution in [0.3, 0.4) is 0 Å². The molecule has 0 unspecified atom stereocenters. The molecule has 0 radical (unpaired) electrons. The Balaban J connectivity index is 1.98. The second-order valence-electron chi connectivity index (χ2n) is 5.31. The number of benzene rings is 1. The molecular weight excluding hydrogens is 315 g/mol.